The fraction of sp³-hybridized carbons (Fsp3) is 0.909. The molecule has 1 atom stereocenters. The zero-order valence-electron chi connectivity index (χ0n) is 9.31. The van der Waals surface area contributed by atoms with Crippen LogP contribution in [-0.4, -0.2) is 25.0 Å². The molecule has 3 heteroatoms. The van der Waals surface area contributed by atoms with Crippen molar-refractivity contribution in [2.24, 2.45) is 5.92 Å². The second kappa shape index (κ2) is 6.02. The van der Waals surface area contributed by atoms with Crippen molar-refractivity contribution in [3.63, 3.8) is 0 Å². The lowest BCUT2D eigenvalue weighted by Crippen LogP contribution is -2.38. The molecule has 3 nitrogen and oxygen atoms in total. The number of nitrogens with one attached hydrogen (secondary N) is 2. The molecule has 1 amide bonds. The summed E-state index contributed by atoms with van der Waals surface area (Å²) in [5.41, 5.74) is 0. The van der Waals surface area contributed by atoms with Crippen LogP contribution in [0.3, 0.4) is 0 Å². The van der Waals surface area contributed by atoms with Crippen LogP contribution < -0.4 is 10.6 Å². The Kier molecular flexibility index (Phi) is 4.94. The predicted molar refractivity (Wildman–Crippen MR) is 58.1 cm³/mol. The van der Waals surface area contributed by atoms with Crippen LogP contribution >= 0.6 is 0 Å². The molecular formula is C11H22N2O. The van der Waals surface area contributed by atoms with E-state index in [1.54, 1.807) is 6.92 Å². The summed E-state index contributed by atoms with van der Waals surface area (Å²) in [6.07, 6.45) is 5.52. The topological polar surface area (TPSA) is 41.1 Å². The highest BCUT2D eigenvalue weighted by Gasteiger charge is 2.20. The number of carbonyl (C=O) groups is 1. The van der Waals surface area contributed by atoms with Crippen LogP contribution in [0.4, 0.5) is 0 Å². The third-order valence-corrected chi connectivity index (χ3v) is 3.07. The van der Waals surface area contributed by atoms with Crippen molar-refractivity contribution in [2.75, 3.05) is 13.1 Å². The summed E-state index contributed by atoms with van der Waals surface area (Å²) >= 11 is 0. The van der Waals surface area contributed by atoms with Gasteiger partial charge in [-0.05, 0) is 25.7 Å². The molecule has 14 heavy (non-hydrogen) atoms. The Morgan fingerprint density at radius 1 is 1.36 bits per heavy atom. The number of hydrogen-bond acceptors (Lipinski definition) is 2. The monoisotopic (exact) mass is 198 g/mol. The van der Waals surface area contributed by atoms with Crippen LogP contribution in [0.15, 0.2) is 0 Å². The van der Waals surface area contributed by atoms with E-state index in [0.29, 0.717) is 6.04 Å². The first-order chi connectivity index (χ1) is 6.70. The summed E-state index contributed by atoms with van der Waals surface area (Å²) in [7, 11) is 0. The number of rotatable bonds is 5. The number of carbonyl (C=O) groups excluding carboxylic acids is 1. The van der Waals surface area contributed by atoms with E-state index in [1.165, 1.54) is 25.7 Å². The van der Waals surface area contributed by atoms with Crippen molar-refractivity contribution in [3.05, 3.63) is 0 Å². The Labute approximate surface area is 86.6 Å². The third-order valence-electron chi connectivity index (χ3n) is 3.07. The largest absolute Gasteiger partial charge is 0.355 e. The number of amides is 1. The Hall–Kier alpha value is -0.570. The highest BCUT2D eigenvalue weighted by atomic mass is 16.1. The molecule has 0 radical (unpaired) electrons. The van der Waals surface area contributed by atoms with Crippen LogP contribution in [0.2, 0.25) is 0 Å². The van der Waals surface area contributed by atoms with E-state index in [0.717, 1.165) is 19.0 Å². The fourth-order valence-electron chi connectivity index (χ4n) is 2.16. The van der Waals surface area contributed by atoms with Gasteiger partial charge in [-0.1, -0.05) is 12.8 Å². The molecule has 1 aliphatic carbocycles. The molecular weight excluding hydrogens is 176 g/mol. The van der Waals surface area contributed by atoms with Gasteiger partial charge in [0.05, 0.1) is 0 Å². The van der Waals surface area contributed by atoms with Crippen molar-refractivity contribution < 1.29 is 4.79 Å². The zero-order chi connectivity index (χ0) is 10.4. The summed E-state index contributed by atoms with van der Waals surface area (Å²) in [4.78, 5) is 10.6. The summed E-state index contributed by atoms with van der Waals surface area (Å²) < 4.78 is 0. The van der Waals surface area contributed by atoms with Crippen LogP contribution in [0, 0.1) is 5.92 Å². The summed E-state index contributed by atoms with van der Waals surface area (Å²) in [6.45, 7) is 5.44. The zero-order valence-corrected chi connectivity index (χ0v) is 9.31. The molecule has 1 fully saturated rings. The summed E-state index contributed by atoms with van der Waals surface area (Å²) in [5, 5.41) is 6.26. The Bertz CT molecular complexity index is 176. The lowest BCUT2D eigenvalue weighted by molar-refractivity contribution is -0.118. The molecule has 0 bridgehead atoms. The first-order valence-corrected chi connectivity index (χ1v) is 5.68. The molecule has 82 valence electrons. The van der Waals surface area contributed by atoms with Crippen LogP contribution in [0.5, 0.6) is 0 Å². The molecule has 0 spiro atoms. The van der Waals surface area contributed by atoms with Crippen LogP contribution in [0.25, 0.3) is 0 Å². The third kappa shape index (κ3) is 4.09. The molecule has 0 aromatic rings. The van der Waals surface area contributed by atoms with Gasteiger partial charge in [-0.2, -0.15) is 0 Å². The first kappa shape index (κ1) is 11.5. The second-order valence-corrected chi connectivity index (χ2v) is 4.27. The average Bonchev–Trinajstić information content (AvgIpc) is 2.64. The predicted octanol–water partition coefficient (Wildman–Crippen LogP) is 1.29. The highest BCUT2D eigenvalue weighted by molar-refractivity contribution is 5.72. The fourth-order valence-corrected chi connectivity index (χ4v) is 2.16. The first-order valence-electron chi connectivity index (χ1n) is 5.68. The average molecular weight is 198 g/mol. The molecule has 1 rings (SSSR count). The van der Waals surface area contributed by atoms with Gasteiger partial charge < -0.3 is 10.6 Å². The normalized spacial score (nSPS) is 19.6. The Morgan fingerprint density at radius 3 is 2.57 bits per heavy atom. The molecule has 2 N–H and O–H groups in total. The Balaban J connectivity index is 2.02. The summed E-state index contributed by atoms with van der Waals surface area (Å²) in [6, 6.07) is 0.603. The summed E-state index contributed by atoms with van der Waals surface area (Å²) in [5.74, 6) is 0.910. The van der Waals surface area contributed by atoms with Crippen molar-refractivity contribution in [2.45, 2.75) is 45.6 Å². The van der Waals surface area contributed by atoms with Gasteiger partial charge in [-0.25, -0.2) is 0 Å². The molecule has 0 heterocycles. The van der Waals surface area contributed by atoms with E-state index in [4.69, 9.17) is 0 Å². The minimum atomic E-state index is 0.0559. The van der Waals surface area contributed by atoms with E-state index in [1.807, 2.05) is 0 Å². The van der Waals surface area contributed by atoms with Crippen molar-refractivity contribution in [3.8, 4) is 0 Å². The lowest BCUT2D eigenvalue weighted by Gasteiger charge is -2.20. The van der Waals surface area contributed by atoms with Gasteiger partial charge in [0.1, 0.15) is 0 Å². The van der Waals surface area contributed by atoms with Gasteiger partial charge in [0, 0.05) is 26.1 Å². The quantitative estimate of drug-likeness (QED) is 0.654. The maximum Gasteiger partial charge on any atom is 0.216 e. The van der Waals surface area contributed by atoms with E-state index in [2.05, 4.69) is 17.6 Å². The van der Waals surface area contributed by atoms with Crippen molar-refractivity contribution >= 4 is 5.91 Å². The molecule has 0 aromatic heterocycles. The van der Waals surface area contributed by atoms with Gasteiger partial charge in [-0.15, -0.1) is 0 Å². The van der Waals surface area contributed by atoms with Gasteiger partial charge in [0.15, 0.2) is 0 Å². The molecule has 0 unspecified atom stereocenters. The minimum Gasteiger partial charge on any atom is -0.355 e. The molecule has 0 aromatic carbocycles. The maximum absolute atomic E-state index is 10.6. The van der Waals surface area contributed by atoms with Crippen LogP contribution in [-0.2, 0) is 4.79 Å². The van der Waals surface area contributed by atoms with Gasteiger partial charge in [0.2, 0.25) is 5.91 Å². The molecule has 1 saturated carbocycles. The lowest BCUT2D eigenvalue weighted by atomic mass is 10.00. The van der Waals surface area contributed by atoms with E-state index < -0.39 is 0 Å². The maximum atomic E-state index is 10.6. The van der Waals surface area contributed by atoms with E-state index in [-0.39, 0.29) is 5.91 Å². The highest BCUT2D eigenvalue weighted by Crippen LogP contribution is 2.27. The van der Waals surface area contributed by atoms with E-state index in [9.17, 15) is 4.79 Å². The van der Waals surface area contributed by atoms with Gasteiger partial charge >= 0.3 is 0 Å². The van der Waals surface area contributed by atoms with Crippen LogP contribution in [0.1, 0.15) is 39.5 Å². The number of hydrogen-bond donors (Lipinski definition) is 2. The second-order valence-electron chi connectivity index (χ2n) is 4.27. The Morgan fingerprint density at radius 2 is 2.00 bits per heavy atom. The van der Waals surface area contributed by atoms with Gasteiger partial charge in [-0.3, -0.25) is 4.79 Å². The molecule has 0 saturated heterocycles. The molecule has 1 aliphatic rings. The minimum absolute atomic E-state index is 0.0559. The van der Waals surface area contributed by atoms with Crippen molar-refractivity contribution in [1.82, 2.24) is 10.6 Å². The van der Waals surface area contributed by atoms with Gasteiger partial charge in [0.25, 0.3) is 0 Å². The SMILES string of the molecule is CC(=O)NCCN[C@@H](C)C1CCCC1. The smallest absolute Gasteiger partial charge is 0.216 e. The molecule has 0 aliphatic heterocycles. The van der Waals surface area contributed by atoms with Crippen molar-refractivity contribution in [1.29, 1.82) is 0 Å². The van der Waals surface area contributed by atoms with E-state index >= 15 is 0 Å². The standard InChI is InChI=1S/C11H22N2O/c1-9(11-5-3-4-6-11)12-7-8-13-10(2)14/h9,11-12H,3-8H2,1-2H3,(H,13,14)/t9-/m0/s1.